The van der Waals surface area contributed by atoms with Crippen LogP contribution in [0.5, 0.6) is 5.75 Å². The number of thiophene rings is 1. The van der Waals surface area contributed by atoms with Crippen molar-refractivity contribution in [3.63, 3.8) is 0 Å². The molecule has 0 saturated carbocycles. The second-order valence-electron chi connectivity index (χ2n) is 4.49. The Balaban J connectivity index is 1.83. The van der Waals surface area contributed by atoms with Crippen LogP contribution in [0.25, 0.3) is 10.2 Å². The number of fused-ring (bicyclic) bond motifs is 1. The fourth-order valence-electron chi connectivity index (χ4n) is 1.94. The molecule has 22 heavy (non-hydrogen) atoms. The van der Waals surface area contributed by atoms with E-state index in [4.69, 9.17) is 0 Å². The second kappa shape index (κ2) is 5.45. The molecule has 3 rings (SSSR count). The number of nitrogens with one attached hydrogen (secondary N) is 1. The number of anilines is 2. The third kappa shape index (κ3) is 3.28. The van der Waals surface area contributed by atoms with Gasteiger partial charge in [-0.15, -0.1) is 24.5 Å². The van der Waals surface area contributed by atoms with Crippen molar-refractivity contribution in [2.24, 2.45) is 0 Å². The Hall–Kier alpha value is -2.35. The number of halogens is 3. The van der Waals surface area contributed by atoms with Crippen LogP contribution < -0.4 is 10.1 Å². The smallest absolute Gasteiger partial charge is 0.406 e. The molecule has 114 valence electrons. The first-order valence-corrected chi connectivity index (χ1v) is 7.06. The fraction of sp³-hybridized carbons (Fsp3) is 0.143. The van der Waals surface area contributed by atoms with Gasteiger partial charge < -0.3 is 10.1 Å². The molecule has 0 bridgehead atoms. The van der Waals surface area contributed by atoms with E-state index in [1.54, 1.807) is 11.3 Å². The van der Waals surface area contributed by atoms with Crippen LogP contribution >= 0.6 is 11.3 Å². The van der Waals surface area contributed by atoms with Crippen LogP contribution in [0.1, 0.15) is 4.88 Å². The molecule has 0 amide bonds. The SMILES string of the molecule is Cc1cc2ncnc(Nc3ccc(OC(F)(F)F)cc3)c2s1. The van der Waals surface area contributed by atoms with Crippen molar-refractivity contribution in [2.45, 2.75) is 13.3 Å². The van der Waals surface area contributed by atoms with Crippen molar-refractivity contribution in [3.8, 4) is 5.75 Å². The lowest BCUT2D eigenvalue weighted by atomic mass is 10.3. The van der Waals surface area contributed by atoms with E-state index in [0.29, 0.717) is 11.5 Å². The Morgan fingerprint density at radius 2 is 1.86 bits per heavy atom. The Morgan fingerprint density at radius 3 is 2.55 bits per heavy atom. The molecule has 0 fully saturated rings. The minimum absolute atomic E-state index is 0.266. The standard InChI is InChI=1S/C14H10F3N3OS/c1-8-6-11-12(22-8)13(19-7-18-11)20-9-2-4-10(5-3-9)21-14(15,16)17/h2-7H,1H3,(H,18,19,20). The summed E-state index contributed by atoms with van der Waals surface area (Å²) in [6, 6.07) is 7.43. The molecule has 3 aromatic rings. The number of rotatable bonds is 3. The van der Waals surface area contributed by atoms with Gasteiger partial charge in [-0.05, 0) is 37.3 Å². The van der Waals surface area contributed by atoms with E-state index in [1.165, 1.54) is 30.6 Å². The van der Waals surface area contributed by atoms with Crippen LogP contribution in [-0.4, -0.2) is 16.3 Å². The molecule has 2 heterocycles. The molecule has 0 atom stereocenters. The van der Waals surface area contributed by atoms with Crippen molar-refractivity contribution in [3.05, 3.63) is 41.5 Å². The number of hydrogen-bond acceptors (Lipinski definition) is 5. The molecule has 1 N–H and O–H groups in total. The summed E-state index contributed by atoms with van der Waals surface area (Å²) in [6.07, 6.45) is -3.25. The number of aryl methyl sites for hydroxylation is 1. The average Bonchev–Trinajstić information content (AvgIpc) is 2.81. The monoisotopic (exact) mass is 325 g/mol. The summed E-state index contributed by atoms with van der Waals surface area (Å²) in [5.41, 5.74) is 1.44. The molecule has 0 saturated heterocycles. The lowest BCUT2D eigenvalue weighted by molar-refractivity contribution is -0.274. The first-order chi connectivity index (χ1) is 10.4. The van der Waals surface area contributed by atoms with E-state index in [2.05, 4.69) is 20.0 Å². The van der Waals surface area contributed by atoms with Crippen LogP contribution in [0.3, 0.4) is 0 Å². The molecule has 2 aromatic heterocycles. The van der Waals surface area contributed by atoms with E-state index >= 15 is 0 Å². The van der Waals surface area contributed by atoms with Crippen LogP contribution in [-0.2, 0) is 0 Å². The third-order valence-electron chi connectivity index (χ3n) is 2.79. The molecule has 8 heteroatoms. The molecular formula is C14H10F3N3OS. The zero-order valence-corrected chi connectivity index (χ0v) is 12.1. The number of hydrogen-bond donors (Lipinski definition) is 1. The molecule has 0 aliphatic heterocycles. The quantitative estimate of drug-likeness (QED) is 0.762. The summed E-state index contributed by atoms with van der Waals surface area (Å²) in [6.45, 7) is 1.97. The van der Waals surface area contributed by atoms with Crippen molar-refractivity contribution in [1.82, 2.24) is 9.97 Å². The fourth-order valence-corrected chi connectivity index (χ4v) is 2.85. The number of benzene rings is 1. The van der Waals surface area contributed by atoms with Gasteiger partial charge in [0.15, 0.2) is 5.82 Å². The first-order valence-electron chi connectivity index (χ1n) is 6.25. The first kappa shape index (κ1) is 14.6. The molecule has 0 unspecified atom stereocenters. The van der Waals surface area contributed by atoms with E-state index in [-0.39, 0.29) is 5.75 Å². The summed E-state index contributed by atoms with van der Waals surface area (Å²) in [5, 5.41) is 3.07. The van der Waals surface area contributed by atoms with E-state index in [0.717, 1.165) is 15.1 Å². The number of aromatic nitrogens is 2. The van der Waals surface area contributed by atoms with Gasteiger partial charge in [0.2, 0.25) is 0 Å². The number of ether oxygens (including phenoxy) is 1. The van der Waals surface area contributed by atoms with Crippen LogP contribution in [0.2, 0.25) is 0 Å². The number of nitrogens with zero attached hydrogens (tertiary/aromatic N) is 2. The topological polar surface area (TPSA) is 47.0 Å². The maximum Gasteiger partial charge on any atom is 0.573 e. The van der Waals surface area contributed by atoms with Gasteiger partial charge in [0, 0.05) is 10.6 Å². The summed E-state index contributed by atoms with van der Waals surface area (Å²) >= 11 is 1.55. The molecular weight excluding hydrogens is 315 g/mol. The molecule has 0 spiro atoms. The molecule has 0 aliphatic carbocycles. The Bertz CT molecular complexity index is 799. The summed E-state index contributed by atoms with van der Waals surface area (Å²) < 4.78 is 41.1. The van der Waals surface area contributed by atoms with Gasteiger partial charge in [-0.2, -0.15) is 0 Å². The van der Waals surface area contributed by atoms with Crippen LogP contribution in [0.15, 0.2) is 36.7 Å². The minimum atomic E-state index is -4.69. The van der Waals surface area contributed by atoms with Gasteiger partial charge in [-0.3, -0.25) is 0 Å². The highest BCUT2D eigenvalue weighted by molar-refractivity contribution is 7.19. The Morgan fingerprint density at radius 1 is 1.14 bits per heavy atom. The zero-order valence-electron chi connectivity index (χ0n) is 11.3. The van der Waals surface area contributed by atoms with Crippen molar-refractivity contribution < 1.29 is 17.9 Å². The van der Waals surface area contributed by atoms with E-state index in [9.17, 15) is 13.2 Å². The number of alkyl halides is 3. The van der Waals surface area contributed by atoms with Gasteiger partial charge in [0.25, 0.3) is 0 Å². The summed E-state index contributed by atoms with van der Waals surface area (Å²) in [5.74, 6) is 0.352. The van der Waals surface area contributed by atoms with E-state index in [1.807, 2.05) is 13.0 Å². The highest BCUT2D eigenvalue weighted by Crippen LogP contribution is 2.31. The van der Waals surface area contributed by atoms with Crippen LogP contribution in [0.4, 0.5) is 24.7 Å². The normalized spacial score (nSPS) is 11.6. The van der Waals surface area contributed by atoms with E-state index < -0.39 is 6.36 Å². The average molecular weight is 325 g/mol. The van der Waals surface area contributed by atoms with Gasteiger partial charge in [-0.1, -0.05) is 0 Å². The van der Waals surface area contributed by atoms with Crippen molar-refractivity contribution in [1.29, 1.82) is 0 Å². The molecule has 1 aromatic carbocycles. The minimum Gasteiger partial charge on any atom is -0.406 e. The lowest BCUT2D eigenvalue weighted by Crippen LogP contribution is -2.16. The molecule has 4 nitrogen and oxygen atoms in total. The summed E-state index contributed by atoms with van der Waals surface area (Å²) in [7, 11) is 0. The van der Waals surface area contributed by atoms with Crippen LogP contribution in [0, 0.1) is 6.92 Å². The highest BCUT2D eigenvalue weighted by atomic mass is 32.1. The van der Waals surface area contributed by atoms with Gasteiger partial charge >= 0.3 is 6.36 Å². The maximum atomic E-state index is 12.1. The second-order valence-corrected chi connectivity index (χ2v) is 5.75. The maximum absolute atomic E-state index is 12.1. The van der Waals surface area contributed by atoms with Crippen molar-refractivity contribution in [2.75, 3.05) is 5.32 Å². The van der Waals surface area contributed by atoms with Gasteiger partial charge in [0.05, 0.1) is 10.2 Å². The lowest BCUT2D eigenvalue weighted by Gasteiger charge is -2.10. The Labute approximate surface area is 127 Å². The predicted molar refractivity (Wildman–Crippen MR) is 78.6 cm³/mol. The highest BCUT2D eigenvalue weighted by Gasteiger charge is 2.30. The van der Waals surface area contributed by atoms with Crippen molar-refractivity contribution >= 4 is 33.1 Å². The molecule has 0 radical (unpaired) electrons. The molecule has 0 aliphatic rings. The largest absolute Gasteiger partial charge is 0.573 e. The van der Waals surface area contributed by atoms with Gasteiger partial charge in [0.1, 0.15) is 12.1 Å². The Kier molecular flexibility index (Phi) is 3.61. The van der Waals surface area contributed by atoms with Gasteiger partial charge in [-0.25, -0.2) is 9.97 Å². The summed E-state index contributed by atoms with van der Waals surface area (Å²) in [4.78, 5) is 9.45. The third-order valence-corrected chi connectivity index (χ3v) is 3.83. The predicted octanol–water partition coefficient (Wildman–Crippen LogP) is 4.64. The zero-order chi connectivity index (χ0) is 15.7.